The van der Waals surface area contributed by atoms with Crippen LogP contribution < -0.4 is 15.1 Å². The molecule has 0 unspecified atom stereocenters. The van der Waals surface area contributed by atoms with Crippen LogP contribution in [-0.2, 0) is 9.53 Å². The highest BCUT2D eigenvalue weighted by Crippen LogP contribution is 2.34. The number of ether oxygens (including phenoxy) is 1. The van der Waals surface area contributed by atoms with Gasteiger partial charge in [0.05, 0.1) is 29.8 Å². The van der Waals surface area contributed by atoms with Crippen molar-refractivity contribution in [3.8, 4) is 11.3 Å². The van der Waals surface area contributed by atoms with E-state index in [2.05, 4.69) is 53.9 Å². The molecule has 1 amide bonds. The molecule has 202 valence electrons. The van der Waals surface area contributed by atoms with Crippen LogP contribution in [0.5, 0.6) is 0 Å². The van der Waals surface area contributed by atoms with Crippen molar-refractivity contribution in [2.75, 3.05) is 41.9 Å². The van der Waals surface area contributed by atoms with Crippen LogP contribution in [-0.4, -0.2) is 74.1 Å². The average molecular weight is 529 g/mol. The summed E-state index contributed by atoms with van der Waals surface area (Å²) in [6.45, 7) is 8.34. The molecule has 12 heteroatoms. The van der Waals surface area contributed by atoms with Crippen LogP contribution in [0.4, 0.5) is 17.5 Å². The summed E-state index contributed by atoms with van der Waals surface area (Å²) in [5.74, 6) is 1.32. The fourth-order valence-corrected chi connectivity index (χ4v) is 5.44. The van der Waals surface area contributed by atoms with E-state index in [0.29, 0.717) is 23.8 Å². The minimum Gasteiger partial charge on any atom is -0.375 e. The topological polar surface area (TPSA) is 130 Å². The van der Waals surface area contributed by atoms with Crippen molar-refractivity contribution in [3.05, 3.63) is 47.8 Å². The zero-order valence-electron chi connectivity index (χ0n) is 22.5. The van der Waals surface area contributed by atoms with Gasteiger partial charge in [0.15, 0.2) is 0 Å². The predicted molar refractivity (Wildman–Crippen MR) is 148 cm³/mol. The largest absolute Gasteiger partial charge is 0.375 e. The van der Waals surface area contributed by atoms with Crippen molar-refractivity contribution in [1.29, 1.82) is 0 Å². The van der Waals surface area contributed by atoms with Crippen molar-refractivity contribution in [1.82, 2.24) is 35.4 Å². The summed E-state index contributed by atoms with van der Waals surface area (Å²) in [5.41, 5.74) is 4.74. The second-order valence-corrected chi connectivity index (χ2v) is 10.1. The quantitative estimate of drug-likeness (QED) is 0.386. The molecule has 3 aromatic heterocycles. The third kappa shape index (κ3) is 4.50. The summed E-state index contributed by atoms with van der Waals surface area (Å²) in [5, 5.41) is 23.6. The normalized spacial score (nSPS) is 19.5. The summed E-state index contributed by atoms with van der Waals surface area (Å²) < 4.78 is 7.57. The molecule has 1 fully saturated rings. The first-order chi connectivity index (χ1) is 18.9. The van der Waals surface area contributed by atoms with E-state index in [-0.39, 0.29) is 18.1 Å². The minimum absolute atomic E-state index is 0.197. The minimum atomic E-state index is -0.299. The summed E-state index contributed by atoms with van der Waals surface area (Å²) in [6.07, 6.45) is 4.18. The van der Waals surface area contributed by atoms with Crippen LogP contribution in [0.3, 0.4) is 0 Å². The third-order valence-corrected chi connectivity index (χ3v) is 7.61. The molecule has 4 aromatic rings. The zero-order chi connectivity index (χ0) is 27.1. The summed E-state index contributed by atoms with van der Waals surface area (Å²) in [4.78, 5) is 22.2. The van der Waals surface area contributed by atoms with Crippen molar-refractivity contribution in [2.45, 2.75) is 45.8 Å². The SMILES string of the molecule is CCC[C@H]1CN(c2cc(-c3n[nH]c4ccc(NC(=O)C5=C(C)N(C)c6nnnn6[C@H]5C)cc34)ccn2)CCO1. The molecular weight excluding hydrogens is 496 g/mol. The molecule has 0 saturated carbocycles. The van der Waals surface area contributed by atoms with E-state index in [9.17, 15) is 4.79 Å². The number of H-pyrrole nitrogens is 1. The first-order valence-electron chi connectivity index (χ1n) is 13.3. The van der Waals surface area contributed by atoms with Gasteiger partial charge >= 0.3 is 0 Å². The van der Waals surface area contributed by atoms with E-state index < -0.39 is 0 Å². The van der Waals surface area contributed by atoms with Gasteiger partial charge in [0.1, 0.15) is 11.5 Å². The number of allylic oxidation sites excluding steroid dienone is 1. The van der Waals surface area contributed by atoms with Crippen molar-refractivity contribution in [3.63, 3.8) is 0 Å². The molecule has 2 N–H and O–H groups in total. The van der Waals surface area contributed by atoms with E-state index in [1.54, 1.807) is 4.68 Å². The molecular formula is C27H32N10O2. The number of tetrazole rings is 1. The molecule has 6 rings (SSSR count). The number of fused-ring (bicyclic) bond motifs is 2. The fraction of sp³-hybridized carbons (Fsp3) is 0.407. The first-order valence-corrected chi connectivity index (χ1v) is 13.3. The first kappa shape index (κ1) is 25.0. The standard InChI is InChI=1S/C27H32N10O2/c1-5-6-20-15-36(11-12-39-20)23-13-18(9-10-28-23)25-21-14-19(7-8-22(21)30-31-25)29-26(38)24-16(2)35(4)27-32-33-34-37(27)17(24)3/h7-10,13-14,17,20H,5-6,11-12,15H2,1-4H3,(H,29,38)(H,30,31)/t17-,20-/m0/s1. The fourth-order valence-electron chi connectivity index (χ4n) is 5.44. The number of nitrogens with zero attached hydrogens (tertiary/aromatic N) is 8. The van der Waals surface area contributed by atoms with Gasteiger partial charge in [-0.1, -0.05) is 18.4 Å². The van der Waals surface area contributed by atoms with Gasteiger partial charge < -0.3 is 19.9 Å². The number of rotatable bonds is 6. The number of pyridine rings is 1. The van der Waals surface area contributed by atoms with Gasteiger partial charge in [-0.05, 0) is 61.0 Å². The Morgan fingerprint density at radius 3 is 2.97 bits per heavy atom. The van der Waals surface area contributed by atoms with Crippen LogP contribution in [0, 0.1) is 0 Å². The van der Waals surface area contributed by atoms with E-state index >= 15 is 0 Å². The van der Waals surface area contributed by atoms with Crippen molar-refractivity contribution < 1.29 is 9.53 Å². The predicted octanol–water partition coefficient (Wildman–Crippen LogP) is 3.54. The van der Waals surface area contributed by atoms with Gasteiger partial charge in [0.25, 0.3) is 5.91 Å². The van der Waals surface area contributed by atoms with E-state index in [4.69, 9.17) is 4.74 Å². The Morgan fingerprint density at radius 1 is 1.26 bits per heavy atom. The molecule has 0 spiro atoms. The van der Waals surface area contributed by atoms with Gasteiger partial charge in [-0.2, -0.15) is 5.10 Å². The lowest BCUT2D eigenvalue weighted by Gasteiger charge is -2.33. The van der Waals surface area contributed by atoms with Crippen LogP contribution in [0.25, 0.3) is 22.2 Å². The van der Waals surface area contributed by atoms with Crippen LogP contribution in [0.2, 0.25) is 0 Å². The summed E-state index contributed by atoms with van der Waals surface area (Å²) >= 11 is 0. The van der Waals surface area contributed by atoms with Gasteiger partial charge in [0.2, 0.25) is 5.95 Å². The number of aromatic nitrogens is 7. The molecule has 2 aliphatic rings. The highest BCUT2D eigenvalue weighted by molar-refractivity contribution is 6.07. The molecule has 12 nitrogen and oxygen atoms in total. The maximum atomic E-state index is 13.5. The lowest BCUT2D eigenvalue weighted by molar-refractivity contribution is -0.113. The maximum Gasteiger partial charge on any atom is 0.255 e. The van der Waals surface area contributed by atoms with E-state index in [0.717, 1.165) is 59.6 Å². The van der Waals surface area contributed by atoms with Crippen LogP contribution >= 0.6 is 0 Å². The number of carbonyl (C=O) groups is 1. The molecule has 0 bridgehead atoms. The van der Waals surface area contributed by atoms with E-state index in [1.165, 1.54) is 0 Å². The summed E-state index contributed by atoms with van der Waals surface area (Å²) in [6, 6.07) is 9.49. The number of benzene rings is 1. The van der Waals surface area contributed by atoms with Gasteiger partial charge in [-0.25, -0.2) is 9.67 Å². The molecule has 39 heavy (non-hydrogen) atoms. The molecule has 1 aromatic carbocycles. The van der Waals surface area contributed by atoms with E-state index in [1.807, 2.05) is 56.3 Å². The average Bonchev–Trinajstić information content (AvgIpc) is 3.60. The molecule has 0 aliphatic carbocycles. The number of anilines is 3. The monoisotopic (exact) mass is 528 g/mol. The zero-order valence-corrected chi connectivity index (χ0v) is 22.5. The Balaban J connectivity index is 1.27. The van der Waals surface area contributed by atoms with Crippen LogP contribution in [0.1, 0.15) is 39.7 Å². The third-order valence-electron chi connectivity index (χ3n) is 7.61. The van der Waals surface area contributed by atoms with Crippen molar-refractivity contribution in [2.24, 2.45) is 0 Å². The number of hydrogen-bond acceptors (Lipinski definition) is 9. The molecule has 2 atom stereocenters. The van der Waals surface area contributed by atoms with Gasteiger partial charge in [0, 0.05) is 48.7 Å². The highest BCUT2D eigenvalue weighted by atomic mass is 16.5. The Bertz CT molecular complexity index is 1550. The molecule has 2 aliphatic heterocycles. The molecule has 0 radical (unpaired) electrons. The Hall–Kier alpha value is -4.32. The Labute approximate surface area is 226 Å². The highest BCUT2D eigenvalue weighted by Gasteiger charge is 2.32. The number of nitrogens with one attached hydrogen (secondary N) is 2. The molecule has 5 heterocycles. The number of aromatic amines is 1. The smallest absolute Gasteiger partial charge is 0.255 e. The summed E-state index contributed by atoms with van der Waals surface area (Å²) in [7, 11) is 1.85. The number of carbonyl (C=O) groups excluding carboxylic acids is 1. The Morgan fingerprint density at radius 2 is 2.13 bits per heavy atom. The Kier molecular flexibility index (Phi) is 6.47. The van der Waals surface area contributed by atoms with Crippen molar-refractivity contribution >= 4 is 34.3 Å². The van der Waals surface area contributed by atoms with Gasteiger partial charge in [-0.15, -0.1) is 0 Å². The van der Waals surface area contributed by atoms with Gasteiger partial charge in [-0.3, -0.25) is 9.89 Å². The van der Waals surface area contributed by atoms with Crippen LogP contribution in [0.15, 0.2) is 47.8 Å². The maximum absolute atomic E-state index is 13.5. The number of morpholine rings is 1. The lowest BCUT2D eigenvalue weighted by Crippen LogP contribution is -2.42. The second kappa shape index (κ2) is 10.1. The molecule has 1 saturated heterocycles. The number of amides is 1. The number of hydrogen-bond donors (Lipinski definition) is 2. The second-order valence-electron chi connectivity index (χ2n) is 10.1. The lowest BCUT2D eigenvalue weighted by atomic mass is 10.0.